The molecule has 29 heavy (non-hydrogen) atoms. The Morgan fingerprint density at radius 3 is 2.10 bits per heavy atom. The molecule has 0 atom stereocenters. The highest BCUT2D eigenvalue weighted by atomic mass is 32.2. The van der Waals surface area contributed by atoms with Crippen molar-refractivity contribution in [1.29, 1.82) is 0 Å². The summed E-state index contributed by atoms with van der Waals surface area (Å²) in [4.78, 5) is 10.8. The fraction of sp³-hybridized carbons (Fsp3) is 0.0952. The number of rotatable bonds is 7. The third-order valence-corrected chi connectivity index (χ3v) is 5.65. The summed E-state index contributed by atoms with van der Waals surface area (Å²) in [6, 6.07) is 17.0. The van der Waals surface area contributed by atoms with Crippen LogP contribution in [0.15, 0.2) is 71.6 Å². The van der Waals surface area contributed by atoms with Crippen LogP contribution in [0.25, 0.3) is 11.1 Å². The second-order valence-electron chi connectivity index (χ2n) is 6.06. The van der Waals surface area contributed by atoms with Gasteiger partial charge in [0.1, 0.15) is 11.5 Å². The Bertz CT molecular complexity index is 1120. The predicted molar refractivity (Wildman–Crippen MR) is 107 cm³/mol. The van der Waals surface area contributed by atoms with Gasteiger partial charge in [-0.25, -0.2) is 8.42 Å². The first-order chi connectivity index (χ1) is 13.8. The van der Waals surface area contributed by atoms with E-state index in [-0.39, 0.29) is 10.5 Å². The van der Waals surface area contributed by atoms with Crippen LogP contribution in [-0.2, 0) is 10.0 Å². The van der Waals surface area contributed by atoms with Crippen molar-refractivity contribution < 1.29 is 27.8 Å². The normalized spacial score (nSPS) is 11.0. The average molecular weight is 412 g/mol. The molecule has 0 unspecified atom stereocenters. The van der Waals surface area contributed by atoms with Crippen molar-refractivity contribution in [3.63, 3.8) is 0 Å². The van der Waals surface area contributed by atoms with Crippen molar-refractivity contribution in [2.24, 2.45) is 0 Å². The zero-order valence-electron chi connectivity index (χ0n) is 15.7. The van der Waals surface area contributed by atoms with Gasteiger partial charge in [-0.2, -0.15) is 0 Å². The highest BCUT2D eigenvalue weighted by Gasteiger charge is 2.16. The molecule has 0 aliphatic rings. The van der Waals surface area contributed by atoms with Gasteiger partial charge >= 0.3 is 0 Å². The van der Waals surface area contributed by atoms with Crippen LogP contribution in [0.1, 0.15) is 10.4 Å². The molecule has 0 saturated heterocycles. The fourth-order valence-electron chi connectivity index (χ4n) is 2.75. The number of carboxylic acids is 1. The maximum absolute atomic E-state index is 12.6. The van der Waals surface area contributed by atoms with E-state index in [1.54, 1.807) is 37.4 Å². The number of aromatic carboxylic acids is 1. The lowest BCUT2D eigenvalue weighted by atomic mass is 10.0. The molecule has 0 bridgehead atoms. The molecule has 8 heteroatoms. The number of sulfonamides is 1. The third kappa shape index (κ3) is 4.49. The zero-order chi connectivity index (χ0) is 21.0. The summed E-state index contributed by atoms with van der Waals surface area (Å²) in [6.07, 6.45) is 0. The van der Waals surface area contributed by atoms with Gasteiger partial charge in [-0.05, 0) is 53.6 Å². The topological polar surface area (TPSA) is 105 Å². The summed E-state index contributed by atoms with van der Waals surface area (Å²) in [5, 5.41) is 10.8. The van der Waals surface area contributed by atoms with Crippen LogP contribution in [0.3, 0.4) is 0 Å². The number of methoxy groups -OCH3 is 2. The summed E-state index contributed by atoms with van der Waals surface area (Å²) in [5.74, 6) is -0.0952. The molecule has 1 N–H and O–H groups in total. The Morgan fingerprint density at radius 2 is 1.55 bits per heavy atom. The Hall–Kier alpha value is -3.52. The van der Waals surface area contributed by atoms with E-state index in [0.29, 0.717) is 22.7 Å². The molecule has 150 valence electrons. The van der Waals surface area contributed by atoms with Gasteiger partial charge in [-0.1, -0.05) is 24.3 Å². The number of carbonyl (C=O) groups excluding carboxylic acids is 1. The van der Waals surface area contributed by atoms with Crippen LogP contribution in [0, 0.1) is 0 Å². The molecule has 0 heterocycles. The summed E-state index contributed by atoms with van der Waals surface area (Å²) in [5.41, 5.74) is 1.75. The van der Waals surface area contributed by atoms with Crippen molar-refractivity contribution in [3.8, 4) is 22.6 Å². The minimum absolute atomic E-state index is 0.0654. The van der Waals surface area contributed by atoms with E-state index in [4.69, 9.17) is 9.47 Å². The van der Waals surface area contributed by atoms with Gasteiger partial charge < -0.3 is 19.4 Å². The highest BCUT2D eigenvalue weighted by Crippen LogP contribution is 2.34. The molecular weight excluding hydrogens is 394 g/mol. The predicted octanol–water partition coefficient (Wildman–Crippen LogP) is 2.54. The van der Waals surface area contributed by atoms with Gasteiger partial charge in [0.25, 0.3) is 10.0 Å². The first-order valence-corrected chi connectivity index (χ1v) is 9.99. The van der Waals surface area contributed by atoms with E-state index in [0.717, 1.165) is 5.56 Å². The van der Waals surface area contributed by atoms with Crippen molar-refractivity contribution in [3.05, 3.63) is 72.3 Å². The Morgan fingerprint density at radius 1 is 0.897 bits per heavy atom. The van der Waals surface area contributed by atoms with Crippen LogP contribution in [-0.4, -0.2) is 28.6 Å². The zero-order valence-corrected chi connectivity index (χ0v) is 16.5. The van der Waals surface area contributed by atoms with E-state index in [9.17, 15) is 18.3 Å². The van der Waals surface area contributed by atoms with Crippen LogP contribution in [0.4, 0.5) is 5.69 Å². The van der Waals surface area contributed by atoms with E-state index in [1.807, 2.05) is 12.1 Å². The molecule has 0 fully saturated rings. The minimum Gasteiger partial charge on any atom is -0.545 e. The van der Waals surface area contributed by atoms with Gasteiger partial charge in [-0.3, -0.25) is 4.72 Å². The standard InChI is InChI=1S/C21H19NO6S/c1-27-17-8-3-14(4-9-17)19-13-16(7-12-20(19)28-2)22-29(25,26)18-10-5-15(6-11-18)21(23)24/h3-13,22H,1-2H3,(H,23,24)/p-1. The molecule has 0 spiro atoms. The minimum atomic E-state index is -3.91. The molecule has 3 aromatic rings. The second-order valence-corrected chi connectivity index (χ2v) is 7.74. The summed E-state index contributed by atoms with van der Waals surface area (Å²) >= 11 is 0. The summed E-state index contributed by atoms with van der Waals surface area (Å²) < 4.78 is 38.3. The van der Waals surface area contributed by atoms with Crippen molar-refractivity contribution in [2.45, 2.75) is 4.90 Å². The van der Waals surface area contributed by atoms with E-state index in [1.165, 1.54) is 31.4 Å². The van der Waals surface area contributed by atoms with E-state index < -0.39 is 16.0 Å². The Kier molecular flexibility index (Phi) is 5.74. The highest BCUT2D eigenvalue weighted by molar-refractivity contribution is 7.92. The van der Waals surface area contributed by atoms with E-state index in [2.05, 4.69) is 4.72 Å². The number of anilines is 1. The second kappa shape index (κ2) is 8.24. The van der Waals surface area contributed by atoms with Gasteiger partial charge in [0.05, 0.1) is 25.1 Å². The lowest BCUT2D eigenvalue weighted by molar-refractivity contribution is -0.255. The summed E-state index contributed by atoms with van der Waals surface area (Å²) in [7, 11) is -0.802. The summed E-state index contributed by atoms with van der Waals surface area (Å²) in [6.45, 7) is 0. The van der Waals surface area contributed by atoms with Crippen molar-refractivity contribution in [1.82, 2.24) is 0 Å². The molecular formula is C21H18NO6S-. The number of benzene rings is 3. The number of hydrogen-bond donors (Lipinski definition) is 1. The van der Waals surface area contributed by atoms with Crippen molar-refractivity contribution >= 4 is 21.7 Å². The Balaban J connectivity index is 1.93. The number of hydrogen-bond acceptors (Lipinski definition) is 6. The average Bonchev–Trinajstić information content (AvgIpc) is 2.73. The van der Waals surface area contributed by atoms with Gasteiger partial charge in [-0.15, -0.1) is 0 Å². The largest absolute Gasteiger partial charge is 0.545 e. The number of carbonyl (C=O) groups is 1. The molecule has 3 rings (SSSR count). The molecule has 7 nitrogen and oxygen atoms in total. The molecule has 0 saturated carbocycles. The maximum Gasteiger partial charge on any atom is 0.261 e. The molecule has 0 aromatic heterocycles. The third-order valence-electron chi connectivity index (χ3n) is 4.25. The first kappa shape index (κ1) is 20.2. The number of nitrogens with one attached hydrogen (secondary N) is 1. The Labute approximate surface area is 168 Å². The van der Waals surface area contributed by atoms with Gasteiger partial charge in [0.15, 0.2) is 0 Å². The number of carboxylic acid groups (broad SMARTS) is 1. The van der Waals surface area contributed by atoms with Gasteiger partial charge in [0.2, 0.25) is 0 Å². The smallest absolute Gasteiger partial charge is 0.261 e. The van der Waals surface area contributed by atoms with Crippen molar-refractivity contribution in [2.75, 3.05) is 18.9 Å². The van der Waals surface area contributed by atoms with Gasteiger partial charge in [0, 0.05) is 11.3 Å². The van der Waals surface area contributed by atoms with Crippen LogP contribution >= 0.6 is 0 Å². The maximum atomic E-state index is 12.6. The first-order valence-electron chi connectivity index (χ1n) is 8.51. The molecule has 0 radical (unpaired) electrons. The lowest BCUT2D eigenvalue weighted by Gasteiger charge is -2.14. The SMILES string of the molecule is COc1ccc(-c2cc(NS(=O)(=O)c3ccc(C(=O)[O-])cc3)ccc2OC)cc1. The number of ether oxygens (including phenoxy) is 2. The molecule has 3 aromatic carbocycles. The lowest BCUT2D eigenvalue weighted by Crippen LogP contribution is -2.22. The monoisotopic (exact) mass is 412 g/mol. The molecule has 0 amide bonds. The molecule has 0 aliphatic heterocycles. The quantitative estimate of drug-likeness (QED) is 0.639. The molecule has 0 aliphatic carbocycles. The van der Waals surface area contributed by atoms with E-state index >= 15 is 0 Å². The fourth-order valence-corrected chi connectivity index (χ4v) is 3.80. The van der Waals surface area contributed by atoms with Crippen LogP contribution in [0.5, 0.6) is 11.5 Å². The van der Waals surface area contributed by atoms with Crippen LogP contribution in [0.2, 0.25) is 0 Å². The van der Waals surface area contributed by atoms with Crippen LogP contribution < -0.4 is 19.3 Å².